The molecule has 0 fully saturated rings. The Kier molecular flexibility index (Phi) is 6.18. The van der Waals surface area contributed by atoms with E-state index in [0.29, 0.717) is 34.4 Å². The zero-order valence-corrected chi connectivity index (χ0v) is 17.8. The fourth-order valence-corrected chi connectivity index (χ4v) is 4.01. The van der Waals surface area contributed by atoms with E-state index in [-0.39, 0.29) is 12.7 Å². The van der Waals surface area contributed by atoms with Crippen LogP contribution in [0.2, 0.25) is 10.0 Å². The summed E-state index contributed by atoms with van der Waals surface area (Å²) in [5.74, 6) is 0.712. The molecule has 6 nitrogen and oxygen atoms in total. The van der Waals surface area contributed by atoms with Crippen LogP contribution < -0.4 is 4.74 Å². The SMILES string of the molecule is C[C@@H](Oc1ccc2c(c1)C(/C=C/c1cnn(CCO)c1)=NC2)c1c(Cl)cncc1Cl. The van der Waals surface area contributed by atoms with Crippen molar-refractivity contribution < 1.29 is 9.84 Å². The van der Waals surface area contributed by atoms with Gasteiger partial charge < -0.3 is 9.84 Å². The van der Waals surface area contributed by atoms with Gasteiger partial charge in [0, 0.05) is 35.3 Å². The molecule has 1 aliphatic heterocycles. The third-order valence-electron chi connectivity index (χ3n) is 4.80. The highest BCUT2D eigenvalue weighted by Gasteiger charge is 2.19. The average Bonchev–Trinajstić information content (AvgIpc) is 3.33. The molecule has 0 amide bonds. The van der Waals surface area contributed by atoms with Gasteiger partial charge in [-0.15, -0.1) is 0 Å². The molecule has 0 radical (unpaired) electrons. The molecule has 154 valence electrons. The maximum absolute atomic E-state index is 9.00. The van der Waals surface area contributed by atoms with Gasteiger partial charge in [-0.3, -0.25) is 14.7 Å². The molecular weight excluding hydrogens is 423 g/mol. The van der Waals surface area contributed by atoms with Crippen molar-refractivity contribution in [1.29, 1.82) is 0 Å². The van der Waals surface area contributed by atoms with Crippen LogP contribution in [0.4, 0.5) is 0 Å². The molecule has 0 saturated carbocycles. The number of fused-ring (bicyclic) bond motifs is 1. The summed E-state index contributed by atoms with van der Waals surface area (Å²) in [5.41, 5.74) is 4.72. The molecule has 2 aromatic heterocycles. The monoisotopic (exact) mass is 442 g/mol. The number of aromatic nitrogens is 3. The number of hydrogen-bond acceptors (Lipinski definition) is 5. The Balaban J connectivity index is 1.52. The number of halogens is 2. The fraction of sp³-hybridized carbons (Fsp3) is 0.227. The van der Waals surface area contributed by atoms with Crippen LogP contribution in [0.3, 0.4) is 0 Å². The summed E-state index contributed by atoms with van der Waals surface area (Å²) in [7, 11) is 0. The molecule has 0 aliphatic carbocycles. The molecule has 0 unspecified atom stereocenters. The number of hydrogen-bond donors (Lipinski definition) is 1. The van der Waals surface area contributed by atoms with Gasteiger partial charge in [0.05, 0.1) is 41.7 Å². The van der Waals surface area contributed by atoms with Crippen LogP contribution in [-0.2, 0) is 13.1 Å². The van der Waals surface area contributed by atoms with Crippen molar-refractivity contribution in [2.24, 2.45) is 4.99 Å². The highest BCUT2D eigenvalue weighted by molar-refractivity contribution is 6.35. The van der Waals surface area contributed by atoms with Crippen molar-refractivity contribution >= 4 is 35.0 Å². The van der Waals surface area contributed by atoms with Crippen molar-refractivity contribution in [2.45, 2.75) is 26.1 Å². The fourth-order valence-electron chi connectivity index (χ4n) is 3.34. The topological polar surface area (TPSA) is 72.5 Å². The first-order valence-electron chi connectivity index (χ1n) is 9.50. The molecule has 0 spiro atoms. The van der Waals surface area contributed by atoms with E-state index in [1.165, 1.54) is 0 Å². The lowest BCUT2D eigenvalue weighted by atomic mass is 10.0. The number of rotatable bonds is 7. The molecule has 1 N–H and O–H groups in total. The predicted octanol–water partition coefficient (Wildman–Crippen LogP) is 4.73. The van der Waals surface area contributed by atoms with Crippen LogP contribution in [0.5, 0.6) is 5.75 Å². The van der Waals surface area contributed by atoms with Gasteiger partial charge in [-0.2, -0.15) is 5.10 Å². The number of benzene rings is 1. The van der Waals surface area contributed by atoms with Gasteiger partial charge in [-0.25, -0.2) is 0 Å². The van der Waals surface area contributed by atoms with Crippen LogP contribution in [-0.4, -0.2) is 32.2 Å². The molecular formula is C22H20Cl2N4O2. The first-order chi connectivity index (χ1) is 14.5. The molecule has 1 aromatic carbocycles. The summed E-state index contributed by atoms with van der Waals surface area (Å²) in [6.45, 7) is 3.07. The van der Waals surface area contributed by atoms with Gasteiger partial charge in [0.25, 0.3) is 0 Å². The third-order valence-corrected chi connectivity index (χ3v) is 5.41. The second kappa shape index (κ2) is 9.00. The van der Waals surface area contributed by atoms with E-state index in [1.54, 1.807) is 23.3 Å². The van der Waals surface area contributed by atoms with Gasteiger partial charge in [-0.05, 0) is 36.8 Å². The molecule has 3 aromatic rings. The number of aliphatic imine (C=N–C) groups is 1. The summed E-state index contributed by atoms with van der Waals surface area (Å²) in [5, 5.41) is 14.2. The second-order valence-electron chi connectivity index (χ2n) is 6.89. The Hall–Kier alpha value is -2.67. The molecule has 0 saturated heterocycles. The van der Waals surface area contributed by atoms with Crippen LogP contribution in [0.25, 0.3) is 6.08 Å². The van der Waals surface area contributed by atoms with Crippen molar-refractivity contribution in [3.8, 4) is 5.75 Å². The number of allylic oxidation sites excluding steroid dienone is 1. The van der Waals surface area contributed by atoms with E-state index >= 15 is 0 Å². The highest BCUT2D eigenvalue weighted by atomic mass is 35.5. The zero-order valence-electron chi connectivity index (χ0n) is 16.3. The van der Waals surface area contributed by atoms with E-state index in [1.807, 2.05) is 43.5 Å². The van der Waals surface area contributed by atoms with Gasteiger partial charge in [0.1, 0.15) is 11.9 Å². The lowest BCUT2D eigenvalue weighted by molar-refractivity contribution is 0.227. The lowest BCUT2D eigenvalue weighted by Crippen LogP contribution is -2.06. The molecule has 8 heteroatoms. The molecule has 1 atom stereocenters. The Morgan fingerprint density at radius 2 is 2.00 bits per heavy atom. The first-order valence-corrected chi connectivity index (χ1v) is 10.3. The highest BCUT2D eigenvalue weighted by Crippen LogP contribution is 2.33. The van der Waals surface area contributed by atoms with Gasteiger partial charge in [0.15, 0.2) is 0 Å². The van der Waals surface area contributed by atoms with Crippen LogP contribution >= 0.6 is 23.2 Å². The molecule has 4 rings (SSSR count). The third kappa shape index (κ3) is 4.41. The Bertz CT molecular complexity index is 1100. The minimum absolute atomic E-state index is 0.0576. The van der Waals surface area contributed by atoms with Gasteiger partial charge in [0.2, 0.25) is 0 Å². The van der Waals surface area contributed by atoms with Crippen molar-refractivity contribution in [1.82, 2.24) is 14.8 Å². The lowest BCUT2D eigenvalue weighted by Gasteiger charge is -2.18. The van der Waals surface area contributed by atoms with Crippen molar-refractivity contribution in [3.05, 3.63) is 81.4 Å². The molecule has 3 heterocycles. The second-order valence-corrected chi connectivity index (χ2v) is 7.71. The summed E-state index contributed by atoms with van der Waals surface area (Å²) in [6, 6.07) is 5.94. The number of aliphatic hydroxyl groups is 1. The van der Waals surface area contributed by atoms with Gasteiger partial charge in [-0.1, -0.05) is 29.3 Å². The maximum Gasteiger partial charge on any atom is 0.124 e. The summed E-state index contributed by atoms with van der Waals surface area (Å²) >= 11 is 12.5. The Labute approximate surface area is 184 Å². The number of aliphatic hydroxyl groups excluding tert-OH is 1. The van der Waals surface area contributed by atoms with Crippen molar-refractivity contribution in [3.63, 3.8) is 0 Å². The molecule has 0 bridgehead atoms. The normalized spacial score (nSPS) is 14.1. The molecule has 30 heavy (non-hydrogen) atoms. The van der Waals surface area contributed by atoms with E-state index in [9.17, 15) is 0 Å². The van der Waals surface area contributed by atoms with Crippen molar-refractivity contribution in [2.75, 3.05) is 6.61 Å². The first kappa shape index (κ1) is 20.6. The molecule has 1 aliphatic rings. The van der Waals surface area contributed by atoms with E-state index in [0.717, 1.165) is 22.4 Å². The Morgan fingerprint density at radius 3 is 2.77 bits per heavy atom. The largest absolute Gasteiger partial charge is 0.486 e. The van der Waals surface area contributed by atoms with E-state index in [2.05, 4.69) is 15.1 Å². The number of nitrogens with zero attached hydrogens (tertiary/aromatic N) is 4. The van der Waals surface area contributed by atoms with Gasteiger partial charge >= 0.3 is 0 Å². The minimum atomic E-state index is -0.333. The maximum atomic E-state index is 9.00. The predicted molar refractivity (Wildman–Crippen MR) is 118 cm³/mol. The quantitative estimate of drug-likeness (QED) is 0.573. The van der Waals surface area contributed by atoms with E-state index < -0.39 is 0 Å². The number of ether oxygens (including phenoxy) is 1. The summed E-state index contributed by atoms with van der Waals surface area (Å²) in [4.78, 5) is 8.61. The summed E-state index contributed by atoms with van der Waals surface area (Å²) < 4.78 is 7.82. The minimum Gasteiger partial charge on any atom is -0.486 e. The number of pyridine rings is 1. The zero-order chi connectivity index (χ0) is 21.1. The average molecular weight is 443 g/mol. The van der Waals surface area contributed by atoms with Crippen LogP contribution in [0.1, 0.15) is 35.3 Å². The smallest absolute Gasteiger partial charge is 0.124 e. The Morgan fingerprint density at radius 1 is 1.20 bits per heavy atom. The standard InChI is InChI=1S/C22H20Cl2N4O2/c1-14(22-19(23)11-25-12-20(22)24)30-17-4-3-16-10-26-21(18(16)8-17)5-2-15-9-27-28(13-15)6-7-29/h2-5,8-9,11-14,29H,6-7,10H2,1H3/b5-2+/t14-/m1/s1. The summed E-state index contributed by atoms with van der Waals surface area (Å²) in [6.07, 6.45) is 10.4. The van der Waals surface area contributed by atoms with E-state index in [4.69, 9.17) is 33.0 Å². The van der Waals surface area contributed by atoms with Crippen LogP contribution in [0.15, 0.2) is 54.1 Å². The van der Waals surface area contributed by atoms with Crippen LogP contribution in [0, 0.1) is 0 Å².